The summed E-state index contributed by atoms with van der Waals surface area (Å²) in [4.78, 5) is 9.12. The van der Waals surface area contributed by atoms with E-state index in [2.05, 4.69) is 40.4 Å². The van der Waals surface area contributed by atoms with Crippen LogP contribution >= 0.6 is 0 Å². The van der Waals surface area contributed by atoms with Crippen LogP contribution in [0.1, 0.15) is 5.56 Å². The number of aromatic nitrogens is 2. The van der Waals surface area contributed by atoms with Gasteiger partial charge in [-0.05, 0) is 30.7 Å². The average Bonchev–Trinajstić information content (AvgIpc) is 2.47. The number of nitrogens with one attached hydrogen (secondary N) is 1. The third-order valence-electron chi connectivity index (χ3n) is 3.26. The SMILES string of the molecule is CNc1ccc(C)c(-c2ncc3ccccc3n2)c1. The van der Waals surface area contributed by atoms with Crippen molar-refractivity contribution in [2.24, 2.45) is 0 Å². The predicted molar refractivity (Wildman–Crippen MR) is 79.3 cm³/mol. The van der Waals surface area contributed by atoms with Gasteiger partial charge in [0.05, 0.1) is 5.52 Å². The molecule has 1 aromatic heterocycles. The number of aryl methyl sites for hydroxylation is 1. The molecular weight excluding hydrogens is 234 g/mol. The Morgan fingerprint density at radius 3 is 2.74 bits per heavy atom. The van der Waals surface area contributed by atoms with Crippen LogP contribution in [0.25, 0.3) is 22.3 Å². The zero-order chi connectivity index (χ0) is 13.2. The molecule has 0 aliphatic rings. The van der Waals surface area contributed by atoms with E-state index in [-0.39, 0.29) is 0 Å². The van der Waals surface area contributed by atoms with Gasteiger partial charge in [0.2, 0.25) is 0 Å². The molecule has 3 nitrogen and oxygen atoms in total. The highest BCUT2D eigenvalue weighted by Gasteiger charge is 2.07. The van der Waals surface area contributed by atoms with Crippen LogP contribution in [0.2, 0.25) is 0 Å². The molecule has 19 heavy (non-hydrogen) atoms. The van der Waals surface area contributed by atoms with Crippen molar-refractivity contribution >= 4 is 16.6 Å². The lowest BCUT2D eigenvalue weighted by Gasteiger charge is -2.08. The number of para-hydroxylation sites is 1. The minimum absolute atomic E-state index is 0.772. The maximum Gasteiger partial charge on any atom is 0.160 e. The van der Waals surface area contributed by atoms with E-state index in [1.165, 1.54) is 5.56 Å². The molecule has 94 valence electrons. The molecule has 0 amide bonds. The summed E-state index contributed by atoms with van der Waals surface area (Å²) < 4.78 is 0. The van der Waals surface area contributed by atoms with Gasteiger partial charge in [-0.1, -0.05) is 24.3 Å². The molecule has 1 heterocycles. The summed E-state index contributed by atoms with van der Waals surface area (Å²) >= 11 is 0. The maximum atomic E-state index is 4.64. The Morgan fingerprint density at radius 1 is 1.05 bits per heavy atom. The van der Waals surface area contributed by atoms with Crippen LogP contribution in [-0.2, 0) is 0 Å². The minimum Gasteiger partial charge on any atom is -0.388 e. The van der Waals surface area contributed by atoms with Crippen molar-refractivity contribution in [3.05, 3.63) is 54.2 Å². The summed E-state index contributed by atoms with van der Waals surface area (Å²) in [5.41, 5.74) is 4.28. The predicted octanol–water partition coefficient (Wildman–Crippen LogP) is 3.65. The van der Waals surface area contributed by atoms with Gasteiger partial charge >= 0.3 is 0 Å². The summed E-state index contributed by atoms with van der Waals surface area (Å²) in [6.45, 7) is 2.08. The Kier molecular flexibility index (Phi) is 2.88. The van der Waals surface area contributed by atoms with Crippen LogP contribution < -0.4 is 5.32 Å². The molecule has 0 spiro atoms. The molecule has 0 atom stereocenters. The van der Waals surface area contributed by atoms with Crippen molar-refractivity contribution in [3.63, 3.8) is 0 Å². The highest BCUT2D eigenvalue weighted by Crippen LogP contribution is 2.24. The van der Waals surface area contributed by atoms with Crippen LogP contribution in [0.3, 0.4) is 0 Å². The average molecular weight is 249 g/mol. The third kappa shape index (κ3) is 2.15. The fourth-order valence-corrected chi connectivity index (χ4v) is 2.12. The second-order valence-electron chi connectivity index (χ2n) is 4.53. The molecule has 3 aromatic rings. The highest BCUT2D eigenvalue weighted by molar-refractivity contribution is 5.80. The summed E-state index contributed by atoms with van der Waals surface area (Å²) in [7, 11) is 1.91. The van der Waals surface area contributed by atoms with Crippen molar-refractivity contribution in [2.75, 3.05) is 12.4 Å². The number of rotatable bonds is 2. The van der Waals surface area contributed by atoms with Crippen LogP contribution in [0.15, 0.2) is 48.7 Å². The Balaban J connectivity index is 2.18. The van der Waals surface area contributed by atoms with Gasteiger partial charge in [0.1, 0.15) is 0 Å². The quantitative estimate of drug-likeness (QED) is 0.753. The summed E-state index contributed by atoms with van der Waals surface area (Å²) in [5.74, 6) is 0.772. The zero-order valence-corrected chi connectivity index (χ0v) is 11.0. The molecule has 0 aliphatic carbocycles. The Labute approximate surface area is 112 Å². The topological polar surface area (TPSA) is 37.8 Å². The molecular formula is C16H15N3. The fourth-order valence-electron chi connectivity index (χ4n) is 2.12. The van der Waals surface area contributed by atoms with Crippen LogP contribution in [0.5, 0.6) is 0 Å². The van der Waals surface area contributed by atoms with Crippen LogP contribution in [-0.4, -0.2) is 17.0 Å². The number of nitrogens with zero attached hydrogens (tertiary/aromatic N) is 2. The maximum absolute atomic E-state index is 4.64. The summed E-state index contributed by atoms with van der Waals surface area (Å²) in [6.07, 6.45) is 1.88. The van der Waals surface area contributed by atoms with Gasteiger partial charge in [0.15, 0.2) is 5.82 Å². The number of hydrogen-bond donors (Lipinski definition) is 1. The van der Waals surface area contributed by atoms with Crippen molar-refractivity contribution in [2.45, 2.75) is 6.92 Å². The second kappa shape index (κ2) is 4.69. The van der Waals surface area contributed by atoms with E-state index in [1.54, 1.807) is 0 Å². The summed E-state index contributed by atoms with van der Waals surface area (Å²) in [5, 5.41) is 4.21. The number of fused-ring (bicyclic) bond motifs is 1. The number of hydrogen-bond acceptors (Lipinski definition) is 3. The van der Waals surface area contributed by atoms with Crippen molar-refractivity contribution in [1.29, 1.82) is 0 Å². The van der Waals surface area contributed by atoms with E-state index in [0.29, 0.717) is 0 Å². The van der Waals surface area contributed by atoms with Gasteiger partial charge in [-0.3, -0.25) is 0 Å². The summed E-state index contributed by atoms with van der Waals surface area (Å²) in [6, 6.07) is 14.3. The zero-order valence-electron chi connectivity index (χ0n) is 11.0. The molecule has 0 aliphatic heterocycles. The first-order valence-electron chi connectivity index (χ1n) is 6.28. The Bertz CT molecular complexity index is 735. The normalized spacial score (nSPS) is 10.6. The molecule has 0 radical (unpaired) electrons. The third-order valence-corrected chi connectivity index (χ3v) is 3.26. The van der Waals surface area contributed by atoms with Gasteiger partial charge in [0, 0.05) is 29.9 Å². The van der Waals surface area contributed by atoms with Gasteiger partial charge in [0.25, 0.3) is 0 Å². The monoisotopic (exact) mass is 249 g/mol. The molecule has 0 unspecified atom stereocenters. The Morgan fingerprint density at radius 2 is 1.89 bits per heavy atom. The lowest BCUT2D eigenvalue weighted by molar-refractivity contribution is 1.21. The second-order valence-corrected chi connectivity index (χ2v) is 4.53. The van der Waals surface area contributed by atoms with E-state index in [4.69, 9.17) is 0 Å². The fraction of sp³-hybridized carbons (Fsp3) is 0.125. The number of anilines is 1. The minimum atomic E-state index is 0.772. The molecule has 2 aromatic carbocycles. The van der Waals surface area contributed by atoms with Gasteiger partial charge in [-0.25, -0.2) is 9.97 Å². The molecule has 0 fully saturated rings. The van der Waals surface area contributed by atoms with Crippen molar-refractivity contribution in [3.8, 4) is 11.4 Å². The molecule has 1 N–H and O–H groups in total. The van der Waals surface area contributed by atoms with E-state index in [0.717, 1.165) is 28.0 Å². The van der Waals surface area contributed by atoms with Crippen molar-refractivity contribution < 1.29 is 0 Å². The van der Waals surface area contributed by atoms with Gasteiger partial charge in [-0.15, -0.1) is 0 Å². The van der Waals surface area contributed by atoms with Crippen LogP contribution in [0, 0.1) is 6.92 Å². The lowest BCUT2D eigenvalue weighted by Crippen LogP contribution is -1.94. The first kappa shape index (κ1) is 11.7. The first-order valence-corrected chi connectivity index (χ1v) is 6.28. The van der Waals surface area contributed by atoms with Gasteiger partial charge in [-0.2, -0.15) is 0 Å². The molecule has 3 heteroatoms. The van der Waals surface area contributed by atoms with E-state index in [1.807, 2.05) is 37.5 Å². The van der Waals surface area contributed by atoms with Gasteiger partial charge < -0.3 is 5.32 Å². The largest absolute Gasteiger partial charge is 0.388 e. The molecule has 0 saturated carbocycles. The van der Waals surface area contributed by atoms with Crippen LogP contribution in [0.4, 0.5) is 5.69 Å². The highest BCUT2D eigenvalue weighted by atomic mass is 14.9. The molecule has 0 saturated heterocycles. The molecule has 3 rings (SSSR count). The van der Waals surface area contributed by atoms with Crippen molar-refractivity contribution in [1.82, 2.24) is 9.97 Å². The first-order chi connectivity index (χ1) is 9.28. The Hall–Kier alpha value is -2.42. The lowest BCUT2D eigenvalue weighted by atomic mass is 10.1. The van der Waals surface area contributed by atoms with E-state index in [9.17, 15) is 0 Å². The van der Waals surface area contributed by atoms with E-state index >= 15 is 0 Å². The van der Waals surface area contributed by atoms with E-state index < -0.39 is 0 Å². The number of benzene rings is 2. The smallest absolute Gasteiger partial charge is 0.160 e. The molecule has 0 bridgehead atoms. The standard InChI is InChI=1S/C16H15N3/c1-11-7-8-13(17-2)9-14(11)16-18-10-12-5-3-4-6-15(12)19-16/h3-10,17H,1-2H3.